The highest BCUT2D eigenvalue weighted by atomic mass is 35.5. The van der Waals surface area contributed by atoms with Crippen molar-refractivity contribution < 1.29 is 9.53 Å². The molecule has 0 saturated carbocycles. The molecular formula is C25H34ClN3O2S2. The number of thiazole rings is 1. The number of likely N-dealkylation sites (N-methyl/N-ethyl adjacent to an activating group) is 1. The number of hydrogen-bond donors (Lipinski definition) is 0. The van der Waals surface area contributed by atoms with E-state index in [2.05, 4.69) is 56.0 Å². The first kappa shape index (κ1) is 27.4. The van der Waals surface area contributed by atoms with Crippen molar-refractivity contribution in [3.05, 3.63) is 48.0 Å². The van der Waals surface area contributed by atoms with Gasteiger partial charge in [-0.15, -0.1) is 24.2 Å². The van der Waals surface area contributed by atoms with Gasteiger partial charge in [-0.3, -0.25) is 9.69 Å². The maximum atomic E-state index is 13.2. The number of carbonyl (C=O) groups is 1. The molecule has 180 valence electrons. The molecule has 5 nitrogen and oxygen atoms in total. The van der Waals surface area contributed by atoms with Gasteiger partial charge in [-0.2, -0.15) is 0 Å². The van der Waals surface area contributed by atoms with Gasteiger partial charge >= 0.3 is 0 Å². The lowest BCUT2D eigenvalue weighted by atomic mass is 10.2. The minimum Gasteiger partial charge on any atom is -0.497 e. The Morgan fingerprint density at radius 3 is 2.45 bits per heavy atom. The number of fused-ring (bicyclic) bond motifs is 1. The number of halogens is 1. The lowest BCUT2D eigenvalue weighted by Crippen LogP contribution is -2.38. The molecule has 0 unspecified atom stereocenters. The Bertz CT molecular complexity index is 1010. The number of para-hydroxylation sites is 1. The average Bonchev–Trinajstić information content (AvgIpc) is 3.25. The van der Waals surface area contributed by atoms with Crippen LogP contribution in [0.1, 0.15) is 32.3 Å². The van der Waals surface area contributed by atoms with Crippen LogP contribution in [-0.4, -0.2) is 54.8 Å². The van der Waals surface area contributed by atoms with Crippen molar-refractivity contribution >= 4 is 56.8 Å². The molecule has 1 heterocycles. The van der Waals surface area contributed by atoms with E-state index >= 15 is 0 Å². The first-order chi connectivity index (χ1) is 15.5. The molecule has 3 aromatic rings. The van der Waals surface area contributed by atoms with Crippen LogP contribution < -0.4 is 9.64 Å². The number of carbonyl (C=O) groups excluding carboxylic acids is 1. The molecule has 8 heteroatoms. The van der Waals surface area contributed by atoms with E-state index in [0.717, 1.165) is 58.5 Å². The van der Waals surface area contributed by atoms with Crippen molar-refractivity contribution in [2.24, 2.45) is 0 Å². The number of aromatic nitrogens is 1. The minimum absolute atomic E-state index is 0. The monoisotopic (exact) mass is 507 g/mol. The SMILES string of the molecule is CCN(CC)CCN(C(=O)CCCSc1ccc(OC)cc1)c1nc2c(C)cccc2s1.Cl. The summed E-state index contributed by atoms with van der Waals surface area (Å²) in [7, 11) is 1.67. The number of benzene rings is 2. The fraction of sp³-hybridized carbons (Fsp3) is 0.440. The largest absolute Gasteiger partial charge is 0.497 e. The number of hydrogen-bond acceptors (Lipinski definition) is 6. The first-order valence-electron chi connectivity index (χ1n) is 11.2. The molecule has 0 N–H and O–H groups in total. The molecule has 0 atom stereocenters. The summed E-state index contributed by atoms with van der Waals surface area (Å²) in [6.45, 7) is 9.88. The van der Waals surface area contributed by atoms with Gasteiger partial charge in [0.05, 0.1) is 17.3 Å². The number of amides is 1. The number of methoxy groups -OCH3 is 1. The van der Waals surface area contributed by atoms with Crippen molar-refractivity contribution in [3.63, 3.8) is 0 Å². The Morgan fingerprint density at radius 2 is 1.82 bits per heavy atom. The third-order valence-corrected chi connectivity index (χ3v) is 7.68. The number of anilines is 1. The smallest absolute Gasteiger partial charge is 0.228 e. The Hall–Kier alpha value is -1.80. The van der Waals surface area contributed by atoms with Gasteiger partial charge in [-0.05, 0) is 68.1 Å². The van der Waals surface area contributed by atoms with Gasteiger partial charge in [0.25, 0.3) is 0 Å². The Kier molecular flexibility index (Phi) is 11.5. The fourth-order valence-electron chi connectivity index (χ4n) is 3.52. The van der Waals surface area contributed by atoms with E-state index in [4.69, 9.17) is 9.72 Å². The molecular weight excluding hydrogens is 474 g/mol. The van der Waals surface area contributed by atoms with Crippen LogP contribution in [0.25, 0.3) is 10.2 Å². The van der Waals surface area contributed by atoms with Crippen molar-refractivity contribution in [3.8, 4) is 5.75 Å². The van der Waals surface area contributed by atoms with E-state index < -0.39 is 0 Å². The standard InChI is InChI=1S/C25H33N3O2S2.ClH/c1-5-27(6-2)16-17-28(25-26-24-19(3)9-7-10-22(24)32-25)23(29)11-8-18-31-21-14-12-20(30-4)13-15-21;/h7,9-10,12-15H,5-6,8,11,16-18H2,1-4H3;1H. The van der Waals surface area contributed by atoms with Crippen LogP contribution in [0.2, 0.25) is 0 Å². The zero-order chi connectivity index (χ0) is 22.9. The fourth-order valence-corrected chi connectivity index (χ4v) is 5.46. The summed E-state index contributed by atoms with van der Waals surface area (Å²) >= 11 is 3.39. The Morgan fingerprint density at radius 1 is 1.09 bits per heavy atom. The molecule has 33 heavy (non-hydrogen) atoms. The average molecular weight is 508 g/mol. The van der Waals surface area contributed by atoms with Crippen LogP contribution in [0.4, 0.5) is 5.13 Å². The molecule has 0 aliphatic carbocycles. The Labute approximate surface area is 211 Å². The summed E-state index contributed by atoms with van der Waals surface area (Å²) in [5, 5.41) is 0.814. The van der Waals surface area contributed by atoms with Crippen LogP contribution in [-0.2, 0) is 4.79 Å². The molecule has 1 amide bonds. The van der Waals surface area contributed by atoms with E-state index in [9.17, 15) is 4.79 Å². The first-order valence-corrected chi connectivity index (χ1v) is 13.0. The van der Waals surface area contributed by atoms with Crippen molar-refractivity contribution in [2.75, 3.05) is 43.9 Å². The van der Waals surface area contributed by atoms with E-state index in [1.54, 1.807) is 30.2 Å². The van der Waals surface area contributed by atoms with Gasteiger partial charge < -0.3 is 9.64 Å². The normalized spacial score (nSPS) is 10.9. The maximum absolute atomic E-state index is 13.2. The van der Waals surface area contributed by atoms with Crippen LogP contribution in [0.15, 0.2) is 47.4 Å². The maximum Gasteiger partial charge on any atom is 0.228 e. The van der Waals surface area contributed by atoms with Gasteiger partial charge in [0, 0.05) is 24.4 Å². The molecule has 0 spiro atoms. The number of aryl methyl sites for hydroxylation is 1. The number of rotatable bonds is 12. The van der Waals surface area contributed by atoms with E-state index in [0.29, 0.717) is 13.0 Å². The number of ether oxygens (including phenoxy) is 1. The van der Waals surface area contributed by atoms with E-state index in [1.807, 2.05) is 17.0 Å². The van der Waals surface area contributed by atoms with Crippen LogP contribution >= 0.6 is 35.5 Å². The lowest BCUT2D eigenvalue weighted by Gasteiger charge is -2.24. The van der Waals surface area contributed by atoms with Crippen molar-refractivity contribution in [2.45, 2.75) is 38.5 Å². The highest BCUT2D eigenvalue weighted by molar-refractivity contribution is 7.99. The highest BCUT2D eigenvalue weighted by Crippen LogP contribution is 2.31. The molecule has 0 bridgehead atoms. The van der Waals surface area contributed by atoms with Gasteiger partial charge in [-0.25, -0.2) is 4.98 Å². The third-order valence-electron chi connectivity index (χ3n) is 5.54. The summed E-state index contributed by atoms with van der Waals surface area (Å²) in [5.74, 6) is 1.92. The predicted molar refractivity (Wildman–Crippen MR) is 145 cm³/mol. The van der Waals surface area contributed by atoms with Gasteiger partial charge in [0.2, 0.25) is 5.91 Å². The Balaban J connectivity index is 0.00000385. The highest BCUT2D eigenvalue weighted by Gasteiger charge is 2.20. The quantitative estimate of drug-likeness (QED) is 0.213. The molecule has 1 aromatic heterocycles. The summed E-state index contributed by atoms with van der Waals surface area (Å²) < 4.78 is 6.35. The second-order valence-electron chi connectivity index (χ2n) is 7.62. The third kappa shape index (κ3) is 7.60. The summed E-state index contributed by atoms with van der Waals surface area (Å²) in [6.07, 6.45) is 1.36. The molecule has 0 radical (unpaired) electrons. The zero-order valence-electron chi connectivity index (χ0n) is 19.9. The van der Waals surface area contributed by atoms with Crippen LogP contribution in [0, 0.1) is 6.92 Å². The second kappa shape index (κ2) is 13.8. The topological polar surface area (TPSA) is 45.7 Å². The summed E-state index contributed by atoms with van der Waals surface area (Å²) in [6, 6.07) is 14.3. The molecule has 3 rings (SSSR count). The second-order valence-corrected chi connectivity index (χ2v) is 9.80. The van der Waals surface area contributed by atoms with Gasteiger partial charge in [-0.1, -0.05) is 37.3 Å². The minimum atomic E-state index is 0. The van der Waals surface area contributed by atoms with Crippen LogP contribution in [0.3, 0.4) is 0 Å². The predicted octanol–water partition coefficient (Wildman–Crippen LogP) is 6.28. The molecule has 0 aliphatic heterocycles. The van der Waals surface area contributed by atoms with Gasteiger partial charge in [0.15, 0.2) is 5.13 Å². The molecule has 2 aromatic carbocycles. The molecule has 0 aliphatic rings. The molecule has 0 fully saturated rings. The number of nitrogens with zero attached hydrogens (tertiary/aromatic N) is 3. The zero-order valence-corrected chi connectivity index (χ0v) is 22.3. The van der Waals surface area contributed by atoms with E-state index in [1.165, 1.54) is 4.90 Å². The van der Waals surface area contributed by atoms with Crippen molar-refractivity contribution in [1.29, 1.82) is 0 Å². The van der Waals surface area contributed by atoms with Crippen LogP contribution in [0.5, 0.6) is 5.75 Å². The molecule has 0 saturated heterocycles. The summed E-state index contributed by atoms with van der Waals surface area (Å²) in [5.41, 5.74) is 2.15. The summed E-state index contributed by atoms with van der Waals surface area (Å²) in [4.78, 5) is 23.5. The van der Waals surface area contributed by atoms with Gasteiger partial charge in [0.1, 0.15) is 5.75 Å². The lowest BCUT2D eigenvalue weighted by molar-refractivity contribution is -0.118. The van der Waals surface area contributed by atoms with Crippen molar-refractivity contribution in [1.82, 2.24) is 9.88 Å². The number of thioether (sulfide) groups is 1. The van der Waals surface area contributed by atoms with E-state index in [-0.39, 0.29) is 18.3 Å².